The first-order chi connectivity index (χ1) is 10.6. The topological polar surface area (TPSA) is 53.7 Å². The molecule has 4 rings (SSSR count). The molecule has 1 aliphatic rings. The van der Waals surface area contributed by atoms with E-state index in [1.165, 1.54) is 29.1 Å². The molecule has 5 nitrogen and oxygen atoms in total. The van der Waals surface area contributed by atoms with Crippen LogP contribution in [0.5, 0.6) is 5.88 Å². The van der Waals surface area contributed by atoms with Gasteiger partial charge in [-0.1, -0.05) is 11.3 Å². The van der Waals surface area contributed by atoms with Crippen molar-refractivity contribution >= 4 is 43.6 Å². The minimum absolute atomic E-state index is 0.0904. The molecule has 0 aliphatic carbocycles. The molecule has 0 radical (unpaired) electrons. The molecule has 1 aliphatic heterocycles. The molecule has 1 fully saturated rings. The summed E-state index contributed by atoms with van der Waals surface area (Å²) in [4.78, 5) is 9.76. The molecule has 0 aromatic carbocycles. The lowest BCUT2D eigenvalue weighted by Crippen LogP contribution is -2.25. The molecule has 116 valence electrons. The Morgan fingerprint density at radius 2 is 2.05 bits per heavy atom. The number of aromatic hydroxyl groups is 1. The monoisotopic (exact) mass is 398 g/mol. The Balaban J connectivity index is 1.84. The first-order valence-corrected chi connectivity index (χ1v) is 9.60. The molecule has 8 heteroatoms. The van der Waals surface area contributed by atoms with Crippen LogP contribution < -0.4 is 0 Å². The van der Waals surface area contributed by atoms with Gasteiger partial charge >= 0.3 is 0 Å². The zero-order chi connectivity index (χ0) is 15.3. The van der Waals surface area contributed by atoms with Gasteiger partial charge < -0.3 is 5.11 Å². The summed E-state index contributed by atoms with van der Waals surface area (Å²) in [5.41, 5.74) is 0. The van der Waals surface area contributed by atoms with E-state index in [1.807, 2.05) is 6.92 Å². The Morgan fingerprint density at radius 3 is 2.68 bits per heavy atom. The van der Waals surface area contributed by atoms with Crippen molar-refractivity contribution in [2.24, 2.45) is 0 Å². The highest BCUT2D eigenvalue weighted by Crippen LogP contribution is 2.43. The van der Waals surface area contributed by atoms with Gasteiger partial charge in [0.2, 0.25) is 10.8 Å². The molecule has 0 spiro atoms. The van der Waals surface area contributed by atoms with E-state index >= 15 is 0 Å². The summed E-state index contributed by atoms with van der Waals surface area (Å²) < 4.78 is 2.67. The van der Waals surface area contributed by atoms with Crippen molar-refractivity contribution in [1.82, 2.24) is 19.5 Å². The number of aryl methyl sites for hydroxylation is 1. The molecule has 3 aromatic rings. The predicted molar refractivity (Wildman–Crippen MR) is 91.9 cm³/mol. The van der Waals surface area contributed by atoms with Crippen LogP contribution in [0.4, 0.5) is 0 Å². The molecule has 22 heavy (non-hydrogen) atoms. The summed E-state index contributed by atoms with van der Waals surface area (Å²) in [7, 11) is 0. The van der Waals surface area contributed by atoms with Gasteiger partial charge in [0.05, 0.1) is 14.7 Å². The van der Waals surface area contributed by atoms with Crippen molar-refractivity contribution in [2.75, 3.05) is 13.1 Å². The molecule has 1 atom stereocenters. The summed E-state index contributed by atoms with van der Waals surface area (Å²) in [5, 5.41) is 14.9. The zero-order valence-electron chi connectivity index (χ0n) is 12.0. The first-order valence-electron chi connectivity index (χ1n) is 7.18. The maximum atomic E-state index is 10.6. The van der Waals surface area contributed by atoms with Crippen LogP contribution in [0.2, 0.25) is 0 Å². The molecular weight excluding hydrogens is 384 g/mol. The smallest absolute Gasteiger partial charge is 0.230 e. The third-order valence-electron chi connectivity index (χ3n) is 3.92. The molecular formula is C14H15BrN4OS2. The van der Waals surface area contributed by atoms with Gasteiger partial charge in [-0.3, -0.25) is 4.90 Å². The highest BCUT2D eigenvalue weighted by Gasteiger charge is 2.31. The van der Waals surface area contributed by atoms with Crippen molar-refractivity contribution in [3.63, 3.8) is 0 Å². The fourth-order valence-electron chi connectivity index (χ4n) is 2.98. The SMILES string of the molecule is Cc1nc2sc([C@@H](c3ccc(Br)s3)N3CCCC3)c(O)n2n1. The molecule has 0 unspecified atom stereocenters. The Bertz CT molecular complexity index is 818. The summed E-state index contributed by atoms with van der Waals surface area (Å²) in [6, 6.07) is 4.30. The molecule has 0 bridgehead atoms. The fourth-order valence-corrected chi connectivity index (χ4v) is 5.77. The summed E-state index contributed by atoms with van der Waals surface area (Å²) in [6.45, 7) is 3.96. The quantitative estimate of drug-likeness (QED) is 0.728. The van der Waals surface area contributed by atoms with Crippen LogP contribution in [-0.4, -0.2) is 37.7 Å². The predicted octanol–water partition coefficient (Wildman–Crippen LogP) is 3.81. The molecule has 0 amide bonds. The highest BCUT2D eigenvalue weighted by molar-refractivity contribution is 9.11. The van der Waals surface area contributed by atoms with E-state index in [1.54, 1.807) is 15.9 Å². The van der Waals surface area contributed by atoms with Crippen molar-refractivity contribution in [3.8, 4) is 5.88 Å². The maximum absolute atomic E-state index is 10.6. The van der Waals surface area contributed by atoms with E-state index in [0.717, 1.165) is 26.7 Å². The number of hydrogen-bond donors (Lipinski definition) is 1. The third-order valence-corrected chi connectivity index (χ3v) is 6.67. The summed E-state index contributed by atoms with van der Waals surface area (Å²) in [6.07, 6.45) is 2.42. The Hall–Kier alpha value is -0.960. The lowest BCUT2D eigenvalue weighted by molar-refractivity contribution is 0.280. The summed E-state index contributed by atoms with van der Waals surface area (Å²) in [5.74, 6) is 0.909. The molecule has 1 saturated heterocycles. The number of halogens is 1. The second-order valence-electron chi connectivity index (χ2n) is 5.43. The van der Waals surface area contributed by atoms with Gasteiger partial charge in [-0.15, -0.1) is 16.4 Å². The van der Waals surface area contributed by atoms with Gasteiger partial charge in [0, 0.05) is 4.88 Å². The van der Waals surface area contributed by atoms with Gasteiger partial charge in [0.15, 0.2) is 0 Å². The number of nitrogens with zero attached hydrogens (tertiary/aromatic N) is 4. The van der Waals surface area contributed by atoms with Crippen LogP contribution in [-0.2, 0) is 0 Å². The van der Waals surface area contributed by atoms with Gasteiger partial charge in [0.25, 0.3) is 0 Å². The number of hydrogen-bond acceptors (Lipinski definition) is 6. The van der Waals surface area contributed by atoms with E-state index < -0.39 is 0 Å². The van der Waals surface area contributed by atoms with E-state index in [2.05, 4.69) is 43.0 Å². The van der Waals surface area contributed by atoms with Crippen LogP contribution in [0.25, 0.3) is 4.96 Å². The van der Waals surface area contributed by atoms with Crippen LogP contribution in [0, 0.1) is 6.92 Å². The number of likely N-dealkylation sites (tertiary alicyclic amines) is 1. The molecule has 4 heterocycles. The maximum Gasteiger partial charge on any atom is 0.230 e. The van der Waals surface area contributed by atoms with Crippen LogP contribution in [0.1, 0.15) is 34.5 Å². The highest BCUT2D eigenvalue weighted by atomic mass is 79.9. The number of fused-ring (bicyclic) bond motifs is 1. The normalized spacial score (nSPS) is 17.5. The Morgan fingerprint density at radius 1 is 1.27 bits per heavy atom. The second kappa shape index (κ2) is 5.59. The van der Waals surface area contributed by atoms with E-state index in [4.69, 9.17) is 0 Å². The molecule has 1 N–H and O–H groups in total. The lowest BCUT2D eigenvalue weighted by atomic mass is 10.2. The first kappa shape index (κ1) is 14.6. The fraction of sp³-hybridized carbons (Fsp3) is 0.429. The third kappa shape index (κ3) is 2.38. The molecule has 3 aromatic heterocycles. The van der Waals surface area contributed by atoms with Gasteiger partial charge in [-0.05, 0) is 60.9 Å². The summed E-state index contributed by atoms with van der Waals surface area (Å²) >= 11 is 6.80. The number of thiophene rings is 1. The number of aromatic nitrogens is 3. The average Bonchev–Trinajstić information content (AvgIpc) is 3.22. The van der Waals surface area contributed by atoms with Gasteiger partial charge in [-0.2, -0.15) is 4.52 Å². The van der Waals surface area contributed by atoms with Crippen molar-refractivity contribution in [2.45, 2.75) is 25.8 Å². The van der Waals surface area contributed by atoms with Crippen molar-refractivity contribution < 1.29 is 5.11 Å². The van der Waals surface area contributed by atoms with Crippen LogP contribution in [0.3, 0.4) is 0 Å². The van der Waals surface area contributed by atoms with Crippen molar-refractivity contribution in [1.29, 1.82) is 0 Å². The largest absolute Gasteiger partial charge is 0.492 e. The average molecular weight is 399 g/mol. The minimum atomic E-state index is 0.0904. The van der Waals surface area contributed by atoms with Crippen LogP contribution in [0.15, 0.2) is 15.9 Å². The number of rotatable bonds is 3. The Labute approximate surface area is 144 Å². The van der Waals surface area contributed by atoms with Crippen LogP contribution >= 0.6 is 38.6 Å². The second-order valence-corrected chi connectivity index (χ2v) is 8.93. The zero-order valence-corrected chi connectivity index (χ0v) is 15.2. The van der Waals surface area contributed by atoms with E-state index in [9.17, 15) is 5.11 Å². The van der Waals surface area contributed by atoms with E-state index in [-0.39, 0.29) is 11.9 Å². The molecule has 0 saturated carbocycles. The lowest BCUT2D eigenvalue weighted by Gasteiger charge is -2.25. The van der Waals surface area contributed by atoms with E-state index in [0.29, 0.717) is 5.82 Å². The number of thiazole rings is 1. The van der Waals surface area contributed by atoms with Gasteiger partial charge in [0.1, 0.15) is 5.82 Å². The van der Waals surface area contributed by atoms with Crippen molar-refractivity contribution in [3.05, 3.63) is 31.5 Å². The standard InChI is InChI=1S/C14H15BrN4OS2/c1-8-16-14-19(17-8)13(20)12(22-14)11(18-6-2-3-7-18)9-4-5-10(15)21-9/h4-5,11,20H,2-3,6-7H2,1H3/t11-/m1/s1. The van der Waals surface area contributed by atoms with Gasteiger partial charge in [-0.25, -0.2) is 4.98 Å². The minimum Gasteiger partial charge on any atom is -0.492 e. The Kier molecular flexibility index (Phi) is 3.72.